The molecule has 0 amide bonds. The van der Waals surface area contributed by atoms with Gasteiger partial charge in [0, 0.05) is 0 Å². The number of rotatable bonds is 1. The van der Waals surface area contributed by atoms with Crippen LogP contribution in [0.3, 0.4) is 0 Å². The fourth-order valence-electron chi connectivity index (χ4n) is 0.606. The van der Waals surface area contributed by atoms with Crippen molar-refractivity contribution in [2.45, 2.75) is 26.6 Å². The van der Waals surface area contributed by atoms with E-state index < -0.39 is 8.07 Å². The molecule has 0 N–H and O–H groups in total. The molecular weight excluding hydrogens is 180 g/mol. The normalized spacial score (nSPS) is 11.6. The highest BCUT2D eigenvalue weighted by molar-refractivity contribution is 6.83. The minimum absolute atomic E-state index is 0.353. The minimum atomic E-state index is -1.40. The van der Waals surface area contributed by atoms with E-state index in [4.69, 9.17) is 0 Å². The van der Waals surface area contributed by atoms with E-state index in [1.165, 1.54) is 7.11 Å². The minimum Gasteiger partial charge on any atom is -0.465 e. The molecule has 0 aromatic heterocycles. The molecule has 0 heterocycles. The Morgan fingerprint density at radius 2 is 1.92 bits per heavy atom. The molecule has 0 saturated heterocycles. The highest BCUT2D eigenvalue weighted by Crippen LogP contribution is 2.00. The Balaban J connectivity index is 4.65. The number of hydrogen-bond donors (Lipinski definition) is 0. The molecule has 72 valence electrons. The maximum absolute atomic E-state index is 11.1. The van der Waals surface area contributed by atoms with Gasteiger partial charge in [-0.1, -0.05) is 31.6 Å². The van der Waals surface area contributed by atoms with Crippen molar-refractivity contribution >= 4 is 14.0 Å². The summed E-state index contributed by atoms with van der Waals surface area (Å²) >= 11 is 0. The van der Waals surface area contributed by atoms with Crippen LogP contribution in [0.5, 0.6) is 0 Å². The van der Waals surface area contributed by atoms with Gasteiger partial charge in [0.2, 0.25) is 0 Å². The van der Waals surface area contributed by atoms with Crippen molar-refractivity contribution in [3.63, 3.8) is 0 Å². The Kier molecular flexibility index (Phi) is 4.50. The first-order valence-electron chi connectivity index (χ1n) is 4.18. The maximum atomic E-state index is 11.1. The summed E-state index contributed by atoms with van der Waals surface area (Å²) in [5, 5.41) is 0. The molecule has 0 fully saturated rings. The van der Waals surface area contributed by atoms with Crippen LogP contribution in [0.1, 0.15) is 6.92 Å². The molecule has 13 heavy (non-hydrogen) atoms. The molecule has 0 rings (SSSR count). The van der Waals surface area contributed by atoms with Gasteiger partial charge in [-0.15, -0.1) is 5.54 Å². The van der Waals surface area contributed by atoms with Crippen LogP contribution in [0, 0.1) is 11.5 Å². The third-order valence-corrected chi connectivity index (χ3v) is 2.14. The predicted molar refractivity (Wildman–Crippen MR) is 56.9 cm³/mol. The quantitative estimate of drug-likeness (QED) is 0.277. The first kappa shape index (κ1) is 12.0. The lowest BCUT2D eigenvalue weighted by atomic mass is 10.3. The molecule has 0 spiro atoms. The fourth-order valence-corrected chi connectivity index (χ4v) is 1.12. The average Bonchev–Trinajstić information content (AvgIpc) is 2.03. The Morgan fingerprint density at radius 3 is 2.23 bits per heavy atom. The zero-order valence-electron chi connectivity index (χ0n) is 8.89. The summed E-state index contributed by atoms with van der Waals surface area (Å²) in [6.45, 7) is 8.17. The fraction of sp³-hybridized carbons (Fsp3) is 0.500. The highest BCUT2D eigenvalue weighted by Gasteiger charge is 2.09. The summed E-state index contributed by atoms with van der Waals surface area (Å²) in [5.74, 6) is 2.50. The SMILES string of the molecule is C/C=C(\C#C[Si](C)(C)C)C(=O)OC. The van der Waals surface area contributed by atoms with E-state index in [0.717, 1.165) is 0 Å². The van der Waals surface area contributed by atoms with Gasteiger partial charge in [0.15, 0.2) is 0 Å². The first-order valence-corrected chi connectivity index (χ1v) is 7.68. The van der Waals surface area contributed by atoms with Crippen molar-refractivity contribution in [3.05, 3.63) is 11.6 Å². The zero-order valence-corrected chi connectivity index (χ0v) is 9.89. The molecule has 0 aliphatic heterocycles. The summed E-state index contributed by atoms with van der Waals surface area (Å²) in [5.41, 5.74) is 3.56. The maximum Gasteiger partial charge on any atom is 0.346 e. The van der Waals surface area contributed by atoms with E-state index in [9.17, 15) is 4.79 Å². The average molecular weight is 196 g/mol. The van der Waals surface area contributed by atoms with Gasteiger partial charge in [0.25, 0.3) is 0 Å². The van der Waals surface area contributed by atoms with Gasteiger partial charge in [-0.3, -0.25) is 0 Å². The lowest BCUT2D eigenvalue weighted by Crippen LogP contribution is -2.17. The number of hydrogen-bond acceptors (Lipinski definition) is 2. The molecule has 0 aromatic rings. The second kappa shape index (κ2) is 4.88. The molecule has 0 unspecified atom stereocenters. The third-order valence-electron chi connectivity index (χ3n) is 1.27. The molecule has 0 saturated carbocycles. The lowest BCUT2D eigenvalue weighted by molar-refractivity contribution is -0.135. The van der Waals surface area contributed by atoms with E-state index in [1.54, 1.807) is 13.0 Å². The standard InChI is InChI=1S/C10H16O2Si/c1-6-9(10(11)12-2)7-8-13(3,4)5/h6H,1-5H3/b9-6+. The molecule has 0 bridgehead atoms. The van der Waals surface area contributed by atoms with Gasteiger partial charge in [0.1, 0.15) is 13.6 Å². The smallest absolute Gasteiger partial charge is 0.346 e. The summed E-state index contributed by atoms with van der Waals surface area (Å²) in [4.78, 5) is 11.1. The largest absolute Gasteiger partial charge is 0.465 e. The van der Waals surface area contributed by atoms with Crippen LogP contribution in [-0.4, -0.2) is 21.2 Å². The van der Waals surface area contributed by atoms with E-state index >= 15 is 0 Å². The van der Waals surface area contributed by atoms with Crippen molar-refractivity contribution in [1.82, 2.24) is 0 Å². The van der Waals surface area contributed by atoms with Crippen molar-refractivity contribution in [2.24, 2.45) is 0 Å². The van der Waals surface area contributed by atoms with E-state index in [-0.39, 0.29) is 5.97 Å². The summed E-state index contributed by atoms with van der Waals surface area (Å²) in [6, 6.07) is 0. The van der Waals surface area contributed by atoms with Gasteiger partial charge in [-0.25, -0.2) is 4.79 Å². The Bertz CT molecular complexity index is 274. The second-order valence-electron chi connectivity index (χ2n) is 3.69. The molecule has 0 radical (unpaired) electrons. The summed E-state index contributed by atoms with van der Waals surface area (Å²) < 4.78 is 4.57. The number of esters is 1. The molecule has 0 aromatic carbocycles. The van der Waals surface area contributed by atoms with Crippen LogP contribution in [-0.2, 0) is 9.53 Å². The van der Waals surface area contributed by atoms with Gasteiger partial charge >= 0.3 is 5.97 Å². The number of carbonyl (C=O) groups is 1. The third kappa shape index (κ3) is 5.26. The summed E-state index contributed by atoms with van der Waals surface area (Å²) in [7, 11) is -0.0415. The molecular formula is C10H16O2Si. The van der Waals surface area contributed by atoms with Gasteiger partial charge < -0.3 is 4.74 Å². The van der Waals surface area contributed by atoms with Crippen LogP contribution in [0.15, 0.2) is 11.6 Å². The van der Waals surface area contributed by atoms with Gasteiger partial charge in [0.05, 0.1) is 7.11 Å². The van der Waals surface area contributed by atoms with Gasteiger partial charge in [-0.05, 0) is 6.92 Å². The van der Waals surface area contributed by atoms with Crippen molar-refractivity contribution < 1.29 is 9.53 Å². The zero-order chi connectivity index (χ0) is 10.5. The second-order valence-corrected chi connectivity index (χ2v) is 8.44. The summed E-state index contributed by atoms with van der Waals surface area (Å²) in [6.07, 6.45) is 1.68. The number of carbonyl (C=O) groups excluding carboxylic acids is 1. The number of ether oxygens (including phenoxy) is 1. The van der Waals surface area contributed by atoms with Crippen molar-refractivity contribution in [1.29, 1.82) is 0 Å². The Morgan fingerprint density at radius 1 is 1.38 bits per heavy atom. The van der Waals surface area contributed by atoms with E-state index in [0.29, 0.717) is 5.57 Å². The molecule has 0 aliphatic carbocycles. The molecule has 3 heteroatoms. The Hall–Kier alpha value is -1.01. The van der Waals surface area contributed by atoms with Crippen molar-refractivity contribution in [3.8, 4) is 11.5 Å². The lowest BCUT2D eigenvalue weighted by Gasteiger charge is -2.03. The number of allylic oxidation sites excluding steroid dienone is 1. The molecule has 0 aliphatic rings. The van der Waals surface area contributed by atoms with Crippen molar-refractivity contribution in [2.75, 3.05) is 7.11 Å². The number of methoxy groups -OCH3 is 1. The van der Waals surface area contributed by atoms with Crippen LogP contribution in [0.25, 0.3) is 0 Å². The molecule has 0 atom stereocenters. The molecule has 2 nitrogen and oxygen atoms in total. The van der Waals surface area contributed by atoms with Crippen LogP contribution < -0.4 is 0 Å². The van der Waals surface area contributed by atoms with E-state index in [2.05, 4.69) is 35.8 Å². The van der Waals surface area contributed by atoms with E-state index in [1.807, 2.05) is 0 Å². The predicted octanol–water partition coefficient (Wildman–Crippen LogP) is 1.99. The highest BCUT2D eigenvalue weighted by atomic mass is 28.3. The van der Waals surface area contributed by atoms with Crippen LogP contribution in [0.2, 0.25) is 19.6 Å². The van der Waals surface area contributed by atoms with Crippen LogP contribution >= 0.6 is 0 Å². The van der Waals surface area contributed by atoms with Crippen LogP contribution in [0.4, 0.5) is 0 Å². The monoisotopic (exact) mass is 196 g/mol. The van der Waals surface area contributed by atoms with Gasteiger partial charge in [-0.2, -0.15) is 0 Å². The topological polar surface area (TPSA) is 26.3 Å². The Labute approximate surface area is 81.0 Å². The first-order chi connectivity index (χ1) is 5.90.